The van der Waals surface area contributed by atoms with Crippen molar-refractivity contribution in [2.45, 2.75) is 25.8 Å². The molecule has 1 aromatic carbocycles. The minimum absolute atomic E-state index is 0.266. The van der Waals surface area contributed by atoms with Gasteiger partial charge >= 0.3 is 0 Å². The highest BCUT2D eigenvalue weighted by atomic mass is 16.7. The van der Waals surface area contributed by atoms with Gasteiger partial charge in [0.25, 0.3) is 0 Å². The van der Waals surface area contributed by atoms with Crippen LogP contribution in [0.5, 0.6) is 11.5 Å². The number of imidazole rings is 1. The van der Waals surface area contributed by atoms with Gasteiger partial charge in [0.1, 0.15) is 11.9 Å². The van der Waals surface area contributed by atoms with Gasteiger partial charge in [-0.3, -0.25) is 0 Å². The molecule has 0 aliphatic carbocycles. The first-order valence-corrected chi connectivity index (χ1v) is 6.76. The third-order valence-corrected chi connectivity index (χ3v) is 3.85. The average Bonchev–Trinajstić information content (AvgIpc) is 3.10. The van der Waals surface area contributed by atoms with Crippen molar-refractivity contribution in [2.24, 2.45) is 0 Å². The fraction of sp³-hybridized carbons (Fsp3) is 0.333. The minimum atomic E-state index is 0.266. The lowest BCUT2D eigenvalue weighted by molar-refractivity contribution is 0.174. The van der Waals surface area contributed by atoms with E-state index in [-0.39, 0.29) is 6.79 Å². The Morgan fingerprint density at radius 3 is 3.00 bits per heavy atom. The quantitative estimate of drug-likeness (QED) is 0.796. The Bertz CT molecular complexity index is 727. The van der Waals surface area contributed by atoms with Crippen molar-refractivity contribution < 1.29 is 9.47 Å². The van der Waals surface area contributed by atoms with Crippen LogP contribution in [0.2, 0.25) is 0 Å². The second kappa shape index (κ2) is 4.27. The third kappa shape index (κ3) is 1.58. The molecule has 1 aromatic heterocycles. The molecule has 2 aliphatic rings. The Balaban J connectivity index is 1.86. The summed E-state index contributed by atoms with van der Waals surface area (Å²) >= 11 is 0. The molecular weight excluding hydrogens is 254 g/mol. The van der Waals surface area contributed by atoms with E-state index in [1.54, 1.807) is 0 Å². The highest BCUT2D eigenvalue weighted by Gasteiger charge is 2.22. The molecule has 3 heterocycles. The molecule has 20 heavy (non-hydrogen) atoms. The van der Waals surface area contributed by atoms with Gasteiger partial charge in [0, 0.05) is 12.1 Å². The SMILES string of the molecule is N#Cc1nc(-c2ccc3c(c2)OCO3)n2c1CCCC2. The summed E-state index contributed by atoms with van der Waals surface area (Å²) in [6, 6.07) is 8.02. The predicted molar refractivity (Wildman–Crippen MR) is 71.4 cm³/mol. The van der Waals surface area contributed by atoms with Crippen molar-refractivity contribution in [3.05, 3.63) is 29.6 Å². The van der Waals surface area contributed by atoms with Crippen molar-refractivity contribution in [3.63, 3.8) is 0 Å². The molecule has 0 saturated carbocycles. The standard InChI is InChI=1S/C15H13N3O2/c16-8-11-12-3-1-2-6-18(12)15(17-11)10-4-5-13-14(7-10)20-9-19-13/h4-5,7H,1-3,6,9H2. The minimum Gasteiger partial charge on any atom is -0.454 e. The lowest BCUT2D eigenvalue weighted by atomic mass is 10.1. The molecule has 5 heteroatoms. The van der Waals surface area contributed by atoms with Crippen LogP contribution in [0.4, 0.5) is 0 Å². The topological polar surface area (TPSA) is 60.1 Å². The fourth-order valence-electron chi connectivity index (χ4n) is 2.89. The summed E-state index contributed by atoms with van der Waals surface area (Å²) in [5.74, 6) is 2.36. The van der Waals surface area contributed by atoms with Crippen LogP contribution >= 0.6 is 0 Å². The molecule has 2 aliphatic heterocycles. The molecule has 0 fully saturated rings. The molecule has 2 aromatic rings. The molecule has 0 spiro atoms. The number of nitrogens with zero attached hydrogens (tertiary/aromatic N) is 3. The Labute approximate surface area is 116 Å². The van der Waals surface area contributed by atoms with Crippen LogP contribution in [-0.4, -0.2) is 16.3 Å². The van der Waals surface area contributed by atoms with Gasteiger partial charge in [-0.05, 0) is 37.5 Å². The van der Waals surface area contributed by atoms with Gasteiger partial charge in [-0.1, -0.05) is 0 Å². The van der Waals surface area contributed by atoms with Gasteiger partial charge in [-0.15, -0.1) is 0 Å². The predicted octanol–water partition coefficient (Wildman–Crippen LogP) is 2.49. The van der Waals surface area contributed by atoms with Crippen molar-refractivity contribution in [3.8, 4) is 29.0 Å². The number of aromatic nitrogens is 2. The summed E-state index contributed by atoms with van der Waals surface area (Å²) in [7, 11) is 0. The molecule has 0 unspecified atom stereocenters. The Morgan fingerprint density at radius 1 is 1.20 bits per heavy atom. The largest absolute Gasteiger partial charge is 0.454 e. The van der Waals surface area contributed by atoms with Crippen molar-refractivity contribution in [1.29, 1.82) is 5.26 Å². The van der Waals surface area contributed by atoms with E-state index < -0.39 is 0 Å². The highest BCUT2D eigenvalue weighted by molar-refractivity contribution is 5.63. The first-order chi connectivity index (χ1) is 9.86. The smallest absolute Gasteiger partial charge is 0.231 e. The summed E-state index contributed by atoms with van der Waals surface area (Å²) in [4.78, 5) is 4.51. The second-order valence-electron chi connectivity index (χ2n) is 5.02. The molecule has 0 atom stereocenters. The lowest BCUT2D eigenvalue weighted by Crippen LogP contribution is -2.11. The monoisotopic (exact) mass is 267 g/mol. The maximum Gasteiger partial charge on any atom is 0.231 e. The fourth-order valence-corrected chi connectivity index (χ4v) is 2.89. The normalized spacial score (nSPS) is 15.8. The molecule has 0 radical (unpaired) electrons. The zero-order valence-corrected chi connectivity index (χ0v) is 10.9. The van der Waals surface area contributed by atoms with Crippen LogP contribution in [0.25, 0.3) is 11.4 Å². The van der Waals surface area contributed by atoms with Gasteiger partial charge in [-0.25, -0.2) is 4.98 Å². The zero-order valence-electron chi connectivity index (χ0n) is 10.9. The van der Waals surface area contributed by atoms with Crippen LogP contribution in [-0.2, 0) is 13.0 Å². The van der Waals surface area contributed by atoms with Crippen LogP contribution in [0.1, 0.15) is 24.2 Å². The molecule has 100 valence electrons. The number of hydrogen-bond donors (Lipinski definition) is 0. The summed E-state index contributed by atoms with van der Waals surface area (Å²) in [6.07, 6.45) is 3.19. The highest BCUT2D eigenvalue weighted by Crippen LogP contribution is 2.36. The van der Waals surface area contributed by atoms with Gasteiger partial charge < -0.3 is 14.0 Å². The first-order valence-electron chi connectivity index (χ1n) is 6.76. The van der Waals surface area contributed by atoms with E-state index in [1.807, 2.05) is 18.2 Å². The number of ether oxygens (including phenoxy) is 2. The number of hydrogen-bond acceptors (Lipinski definition) is 4. The van der Waals surface area contributed by atoms with Crippen LogP contribution in [0.15, 0.2) is 18.2 Å². The molecule has 5 nitrogen and oxygen atoms in total. The lowest BCUT2D eigenvalue weighted by Gasteiger charge is -2.16. The van der Waals surface area contributed by atoms with Crippen molar-refractivity contribution in [2.75, 3.05) is 6.79 Å². The van der Waals surface area contributed by atoms with E-state index in [0.29, 0.717) is 5.69 Å². The summed E-state index contributed by atoms with van der Waals surface area (Å²) in [5.41, 5.74) is 2.59. The van der Waals surface area contributed by atoms with E-state index in [4.69, 9.17) is 9.47 Å². The molecule has 0 bridgehead atoms. The molecule has 4 rings (SSSR count). The van der Waals surface area contributed by atoms with Crippen LogP contribution in [0, 0.1) is 11.3 Å². The van der Waals surface area contributed by atoms with E-state index in [2.05, 4.69) is 15.6 Å². The Kier molecular flexibility index (Phi) is 2.43. The Hall–Kier alpha value is -2.48. The van der Waals surface area contributed by atoms with Gasteiger partial charge in [0.2, 0.25) is 6.79 Å². The summed E-state index contributed by atoms with van der Waals surface area (Å²) in [6.45, 7) is 1.19. The molecular formula is C15H13N3O2. The van der Waals surface area contributed by atoms with Gasteiger partial charge in [0.05, 0.1) is 5.69 Å². The van der Waals surface area contributed by atoms with Crippen LogP contribution in [0.3, 0.4) is 0 Å². The van der Waals surface area contributed by atoms with E-state index in [1.165, 1.54) is 0 Å². The zero-order chi connectivity index (χ0) is 13.5. The second-order valence-corrected chi connectivity index (χ2v) is 5.02. The summed E-state index contributed by atoms with van der Waals surface area (Å²) in [5, 5.41) is 9.24. The van der Waals surface area contributed by atoms with Crippen molar-refractivity contribution in [1.82, 2.24) is 9.55 Å². The van der Waals surface area contributed by atoms with Crippen LogP contribution < -0.4 is 9.47 Å². The number of rotatable bonds is 1. The maximum atomic E-state index is 9.24. The Morgan fingerprint density at radius 2 is 2.10 bits per heavy atom. The molecule has 0 amide bonds. The van der Waals surface area contributed by atoms with E-state index in [0.717, 1.165) is 54.4 Å². The van der Waals surface area contributed by atoms with E-state index in [9.17, 15) is 5.26 Å². The molecule has 0 saturated heterocycles. The maximum absolute atomic E-state index is 9.24. The number of nitriles is 1. The third-order valence-electron chi connectivity index (χ3n) is 3.85. The van der Waals surface area contributed by atoms with E-state index >= 15 is 0 Å². The number of fused-ring (bicyclic) bond motifs is 2. The first kappa shape index (κ1) is 11.4. The number of benzene rings is 1. The van der Waals surface area contributed by atoms with Gasteiger partial charge in [0.15, 0.2) is 17.2 Å². The average molecular weight is 267 g/mol. The molecule has 0 N–H and O–H groups in total. The van der Waals surface area contributed by atoms with Gasteiger partial charge in [-0.2, -0.15) is 5.26 Å². The van der Waals surface area contributed by atoms with Crippen molar-refractivity contribution >= 4 is 0 Å². The summed E-state index contributed by atoms with van der Waals surface area (Å²) < 4.78 is 12.9.